The first-order chi connectivity index (χ1) is 9.51. The SMILES string of the molecule is CCc1ccc(C(=O)Nc2cc(N)c(C)cc2Br)cc1. The molecule has 0 unspecified atom stereocenters. The number of nitrogen functional groups attached to an aromatic ring is 1. The van der Waals surface area contributed by atoms with Crippen LogP contribution in [-0.4, -0.2) is 5.91 Å². The number of anilines is 2. The van der Waals surface area contributed by atoms with Crippen LogP contribution in [0.2, 0.25) is 0 Å². The quantitative estimate of drug-likeness (QED) is 0.829. The highest BCUT2D eigenvalue weighted by Gasteiger charge is 2.09. The highest BCUT2D eigenvalue weighted by molar-refractivity contribution is 9.10. The highest BCUT2D eigenvalue weighted by atomic mass is 79.9. The first-order valence-corrected chi connectivity index (χ1v) is 7.26. The fourth-order valence-electron chi connectivity index (χ4n) is 1.87. The molecule has 0 aliphatic rings. The molecule has 2 aromatic rings. The van der Waals surface area contributed by atoms with E-state index in [4.69, 9.17) is 5.73 Å². The van der Waals surface area contributed by atoms with E-state index in [1.807, 2.05) is 37.3 Å². The molecule has 20 heavy (non-hydrogen) atoms. The van der Waals surface area contributed by atoms with E-state index < -0.39 is 0 Å². The van der Waals surface area contributed by atoms with Gasteiger partial charge in [-0.3, -0.25) is 4.79 Å². The van der Waals surface area contributed by atoms with E-state index in [9.17, 15) is 4.79 Å². The molecule has 0 saturated carbocycles. The van der Waals surface area contributed by atoms with Crippen LogP contribution in [0.1, 0.15) is 28.4 Å². The minimum atomic E-state index is -0.142. The average Bonchev–Trinajstić information content (AvgIpc) is 2.44. The van der Waals surface area contributed by atoms with E-state index in [2.05, 4.69) is 28.2 Å². The molecule has 4 heteroatoms. The van der Waals surface area contributed by atoms with Gasteiger partial charge in [-0.05, 0) is 64.7 Å². The van der Waals surface area contributed by atoms with E-state index in [1.54, 1.807) is 6.07 Å². The maximum atomic E-state index is 12.2. The summed E-state index contributed by atoms with van der Waals surface area (Å²) in [5, 5.41) is 2.87. The topological polar surface area (TPSA) is 55.1 Å². The van der Waals surface area contributed by atoms with Gasteiger partial charge in [-0.1, -0.05) is 19.1 Å². The molecule has 2 rings (SSSR count). The molecule has 0 spiro atoms. The Morgan fingerprint density at radius 1 is 1.25 bits per heavy atom. The first-order valence-electron chi connectivity index (χ1n) is 6.47. The molecule has 2 aromatic carbocycles. The molecule has 0 aromatic heterocycles. The van der Waals surface area contributed by atoms with Crippen LogP contribution in [0.15, 0.2) is 40.9 Å². The van der Waals surface area contributed by atoms with Gasteiger partial charge >= 0.3 is 0 Å². The zero-order valence-corrected chi connectivity index (χ0v) is 13.1. The average molecular weight is 333 g/mol. The monoisotopic (exact) mass is 332 g/mol. The molecular formula is C16H17BrN2O. The Bertz CT molecular complexity index is 636. The zero-order chi connectivity index (χ0) is 14.7. The number of rotatable bonds is 3. The van der Waals surface area contributed by atoms with Gasteiger partial charge in [-0.25, -0.2) is 0 Å². The largest absolute Gasteiger partial charge is 0.398 e. The second-order valence-electron chi connectivity index (χ2n) is 4.69. The van der Waals surface area contributed by atoms with Gasteiger partial charge in [0.15, 0.2) is 0 Å². The molecule has 3 nitrogen and oxygen atoms in total. The molecule has 0 aliphatic heterocycles. The summed E-state index contributed by atoms with van der Waals surface area (Å²) in [5.41, 5.74) is 10.0. The standard InChI is InChI=1S/C16H17BrN2O/c1-3-11-4-6-12(7-5-11)16(20)19-15-9-14(18)10(2)8-13(15)17/h4-9H,3,18H2,1-2H3,(H,19,20). The van der Waals surface area contributed by atoms with Crippen molar-refractivity contribution in [2.24, 2.45) is 0 Å². The van der Waals surface area contributed by atoms with Crippen LogP contribution in [0, 0.1) is 6.92 Å². The zero-order valence-electron chi connectivity index (χ0n) is 11.5. The predicted octanol–water partition coefficient (Wildman–Crippen LogP) is 4.15. The van der Waals surface area contributed by atoms with Crippen LogP contribution in [0.3, 0.4) is 0 Å². The number of carbonyl (C=O) groups excluding carboxylic acids is 1. The van der Waals surface area contributed by atoms with Gasteiger partial charge in [-0.15, -0.1) is 0 Å². The Kier molecular flexibility index (Phi) is 4.45. The smallest absolute Gasteiger partial charge is 0.255 e. The van der Waals surface area contributed by atoms with Crippen LogP contribution in [-0.2, 0) is 6.42 Å². The Morgan fingerprint density at radius 3 is 2.50 bits per heavy atom. The van der Waals surface area contributed by atoms with E-state index in [-0.39, 0.29) is 5.91 Å². The van der Waals surface area contributed by atoms with Crippen molar-refractivity contribution < 1.29 is 4.79 Å². The molecule has 0 fully saturated rings. The summed E-state index contributed by atoms with van der Waals surface area (Å²) in [6, 6.07) is 11.3. The van der Waals surface area contributed by atoms with Crippen LogP contribution >= 0.6 is 15.9 Å². The van der Waals surface area contributed by atoms with Crippen molar-refractivity contribution in [3.8, 4) is 0 Å². The number of hydrogen-bond acceptors (Lipinski definition) is 2. The van der Waals surface area contributed by atoms with E-state index in [0.717, 1.165) is 16.5 Å². The van der Waals surface area contributed by atoms with E-state index >= 15 is 0 Å². The lowest BCUT2D eigenvalue weighted by Gasteiger charge is -2.10. The molecular weight excluding hydrogens is 316 g/mol. The summed E-state index contributed by atoms with van der Waals surface area (Å²) < 4.78 is 0.822. The number of hydrogen-bond donors (Lipinski definition) is 2. The van der Waals surface area contributed by atoms with Crippen molar-refractivity contribution in [2.45, 2.75) is 20.3 Å². The third kappa shape index (κ3) is 3.20. The summed E-state index contributed by atoms with van der Waals surface area (Å²) in [6.07, 6.45) is 0.960. The first kappa shape index (κ1) is 14.6. The predicted molar refractivity (Wildman–Crippen MR) is 87.1 cm³/mol. The van der Waals surface area contributed by atoms with Crippen LogP contribution in [0.25, 0.3) is 0 Å². The summed E-state index contributed by atoms with van der Waals surface area (Å²) in [6.45, 7) is 4.01. The third-order valence-electron chi connectivity index (χ3n) is 3.23. The molecule has 0 saturated heterocycles. The van der Waals surface area contributed by atoms with Crippen molar-refractivity contribution in [3.63, 3.8) is 0 Å². The molecule has 0 atom stereocenters. The molecule has 0 radical (unpaired) electrons. The van der Waals surface area contributed by atoms with Gasteiger partial charge in [0.1, 0.15) is 0 Å². The van der Waals surface area contributed by atoms with Crippen molar-refractivity contribution in [3.05, 3.63) is 57.6 Å². The van der Waals surface area contributed by atoms with Crippen molar-refractivity contribution in [2.75, 3.05) is 11.1 Å². The van der Waals surface area contributed by atoms with Gasteiger partial charge in [0.2, 0.25) is 0 Å². The number of nitrogens with two attached hydrogens (primary N) is 1. The van der Waals surface area contributed by atoms with Gasteiger partial charge < -0.3 is 11.1 Å². The number of nitrogens with one attached hydrogen (secondary N) is 1. The van der Waals surface area contributed by atoms with Gasteiger partial charge in [0.25, 0.3) is 5.91 Å². The molecule has 0 aliphatic carbocycles. The van der Waals surface area contributed by atoms with Crippen LogP contribution in [0.5, 0.6) is 0 Å². The Labute approximate surface area is 127 Å². The molecule has 0 heterocycles. The second-order valence-corrected chi connectivity index (χ2v) is 5.55. The van der Waals surface area contributed by atoms with Gasteiger partial charge in [-0.2, -0.15) is 0 Å². The number of benzene rings is 2. The maximum absolute atomic E-state index is 12.2. The Balaban J connectivity index is 2.20. The lowest BCUT2D eigenvalue weighted by atomic mass is 10.1. The normalized spacial score (nSPS) is 10.3. The fourth-order valence-corrected chi connectivity index (χ4v) is 2.43. The Morgan fingerprint density at radius 2 is 1.90 bits per heavy atom. The summed E-state index contributed by atoms with van der Waals surface area (Å²) in [5.74, 6) is -0.142. The fraction of sp³-hybridized carbons (Fsp3) is 0.188. The Hall–Kier alpha value is -1.81. The number of carbonyl (C=O) groups is 1. The number of amides is 1. The third-order valence-corrected chi connectivity index (χ3v) is 3.88. The number of halogens is 1. The highest BCUT2D eigenvalue weighted by Crippen LogP contribution is 2.28. The summed E-state index contributed by atoms with van der Waals surface area (Å²) in [7, 11) is 0. The molecule has 104 valence electrons. The molecule has 1 amide bonds. The van der Waals surface area contributed by atoms with Crippen molar-refractivity contribution >= 4 is 33.2 Å². The minimum absolute atomic E-state index is 0.142. The van der Waals surface area contributed by atoms with E-state index in [1.165, 1.54) is 5.56 Å². The van der Waals surface area contributed by atoms with Crippen molar-refractivity contribution in [1.82, 2.24) is 0 Å². The van der Waals surface area contributed by atoms with E-state index in [0.29, 0.717) is 16.9 Å². The van der Waals surface area contributed by atoms with Gasteiger partial charge in [0.05, 0.1) is 5.69 Å². The lowest BCUT2D eigenvalue weighted by molar-refractivity contribution is 0.102. The lowest BCUT2D eigenvalue weighted by Crippen LogP contribution is -2.12. The van der Waals surface area contributed by atoms with Crippen LogP contribution in [0.4, 0.5) is 11.4 Å². The minimum Gasteiger partial charge on any atom is -0.398 e. The molecule has 0 bridgehead atoms. The molecule has 3 N–H and O–H groups in total. The van der Waals surface area contributed by atoms with Crippen LogP contribution < -0.4 is 11.1 Å². The summed E-state index contributed by atoms with van der Waals surface area (Å²) in [4.78, 5) is 12.2. The van der Waals surface area contributed by atoms with Crippen molar-refractivity contribution in [1.29, 1.82) is 0 Å². The number of aryl methyl sites for hydroxylation is 2. The summed E-state index contributed by atoms with van der Waals surface area (Å²) >= 11 is 3.43. The van der Waals surface area contributed by atoms with Gasteiger partial charge in [0, 0.05) is 15.7 Å². The maximum Gasteiger partial charge on any atom is 0.255 e. The second kappa shape index (κ2) is 6.09.